The number of hydrogen-bond donors (Lipinski definition) is 4. The molecule has 31 heavy (non-hydrogen) atoms. The van der Waals surface area contributed by atoms with Gasteiger partial charge >= 0.3 is 0 Å². The molecule has 3 atom stereocenters. The second-order valence-electron chi connectivity index (χ2n) is 6.80. The maximum absolute atomic E-state index is 10.1. The molecule has 0 aliphatic carbocycles. The highest BCUT2D eigenvalue weighted by molar-refractivity contribution is 5.53. The summed E-state index contributed by atoms with van der Waals surface area (Å²) in [4.78, 5) is 0. The predicted octanol–water partition coefficient (Wildman–Crippen LogP) is 1.79. The number of ether oxygens (including phenoxy) is 5. The Labute approximate surface area is 181 Å². The molecule has 0 bridgehead atoms. The van der Waals surface area contributed by atoms with Gasteiger partial charge in [-0.1, -0.05) is 6.07 Å². The molecule has 0 fully saturated rings. The van der Waals surface area contributed by atoms with Crippen LogP contribution in [-0.2, 0) is 15.9 Å². The summed E-state index contributed by atoms with van der Waals surface area (Å²) in [6, 6.07) is 7.98. The van der Waals surface area contributed by atoms with Gasteiger partial charge in [0.15, 0.2) is 23.0 Å². The van der Waals surface area contributed by atoms with Crippen molar-refractivity contribution in [1.82, 2.24) is 0 Å². The minimum Gasteiger partial charge on any atom is -0.504 e. The van der Waals surface area contributed by atoms with Gasteiger partial charge in [0.05, 0.1) is 40.6 Å². The van der Waals surface area contributed by atoms with Crippen molar-refractivity contribution in [2.45, 2.75) is 24.7 Å². The molecule has 0 aliphatic rings. The highest BCUT2D eigenvalue weighted by Gasteiger charge is 2.28. The van der Waals surface area contributed by atoms with E-state index in [0.717, 1.165) is 5.56 Å². The van der Waals surface area contributed by atoms with Crippen molar-refractivity contribution in [3.8, 4) is 28.7 Å². The minimum atomic E-state index is -0.833. The van der Waals surface area contributed by atoms with Crippen LogP contribution in [0.15, 0.2) is 30.3 Å². The molecular weight excluding hydrogens is 408 g/mol. The molecule has 0 spiro atoms. The van der Waals surface area contributed by atoms with Gasteiger partial charge in [-0.05, 0) is 35.4 Å². The molecule has 0 saturated carbocycles. The molecule has 0 aromatic heterocycles. The van der Waals surface area contributed by atoms with Crippen LogP contribution in [0, 0.1) is 0 Å². The Morgan fingerprint density at radius 3 is 1.90 bits per heavy atom. The lowest BCUT2D eigenvalue weighted by Crippen LogP contribution is -2.34. The van der Waals surface area contributed by atoms with Crippen molar-refractivity contribution in [3.63, 3.8) is 0 Å². The number of hydrogen-bond acceptors (Lipinski definition) is 9. The second kappa shape index (κ2) is 11.6. The summed E-state index contributed by atoms with van der Waals surface area (Å²) >= 11 is 0. The monoisotopic (exact) mass is 438 g/mol. The Morgan fingerprint density at radius 2 is 1.42 bits per heavy atom. The first kappa shape index (κ1) is 24.5. The summed E-state index contributed by atoms with van der Waals surface area (Å²) < 4.78 is 27.0. The van der Waals surface area contributed by atoms with Crippen LogP contribution in [0.25, 0.3) is 0 Å². The molecule has 0 saturated heterocycles. The lowest BCUT2D eigenvalue weighted by Gasteiger charge is -2.29. The van der Waals surface area contributed by atoms with E-state index in [-0.39, 0.29) is 36.2 Å². The molecule has 0 radical (unpaired) electrons. The molecule has 172 valence electrons. The summed E-state index contributed by atoms with van der Waals surface area (Å²) in [6.45, 7) is -0.697. The Bertz CT molecular complexity index is 815. The summed E-state index contributed by atoms with van der Waals surface area (Å²) in [7, 11) is 5.73. The number of rotatable bonds is 12. The van der Waals surface area contributed by atoms with Crippen molar-refractivity contribution < 1.29 is 44.1 Å². The van der Waals surface area contributed by atoms with E-state index in [4.69, 9.17) is 23.7 Å². The van der Waals surface area contributed by atoms with Crippen LogP contribution in [0.5, 0.6) is 28.7 Å². The summed E-state index contributed by atoms with van der Waals surface area (Å²) in [5.74, 6) is 0.534. The van der Waals surface area contributed by atoms with Crippen LogP contribution in [0.4, 0.5) is 0 Å². The highest BCUT2D eigenvalue weighted by Crippen LogP contribution is 2.40. The maximum Gasteiger partial charge on any atom is 0.200 e. The number of phenolic OH excluding ortho intramolecular Hbond substituents is 2. The van der Waals surface area contributed by atoms with Gasteiger partial charge in [-0.15, -0.1) is 0 Å². The first-order valence-corrected chi connectivity index (χ1v) is 9.63. The van der Waals surface area contributed by atoms with Gasteiger partial charge in [0.25, 0.3) is 0 Å². The molecule has 0 amide bonds. The zero-order valence-corrected chi connectivity index (χ0v) is 18.1. The molecule has 0 aliphatic heterocycles. The second-order valence-corrected chi connectivity index (χ2v) is 6.80. The van der Waals surface area contributed by atoms with Crippen molar-refractivity contribution >= 4 is 0 Å². The van der Waals surface area contributed by atoms with E-state index in [1.54, 1.807) is 24.3 Å². The molecule has 2 aromatic rings. The Kier molecular flexibility index (Phi) is 9.20. The van der Waals surface area contributed by atoms with E-state index < -0.39 is 18.3 Å². The standard InChI is InChI=1S/C22H30O9/c1-27-17-8-13(5-6-16(17)25)7-15(11-23)31-20(12-24)22(30-4)14-9-18(28-2)21(26)19(10-14)29-3/h5-6,8-10,15,20,22-26H,7,11-12H2,1-4H3. The van der Waals surface area contributed by atoms with Gasteiger partial charge in [-0.2, -0.15) is 0 Å². The third kappa shape index (κ3) is 5.92. The lowest BCUT2D eigenvalue weighted by molar-refractivity contribution is -0.121. The van der Waals surface area contributed by atoms with Gasteiger partial charge in [0.2, 0.25) is 5.75 Å². The molecule has 4 N–H and O–H groups in total. The number of phenols is 2. The number of benzene rings is 2. The van der Waals surface area contributed by atoms with Crippen LogP contribution in [0.1, 0.15) is 17.2 Å². The third-order valence-corrected chi connectivity index (χ3v) is 4.88. The predicted molar refractivity (Wildman–Crippen MR) is 112 cm³/mol. The van der Waals surface area contributed by atoms with E-state index in [1.807, 2.05) is 0 Å². The average Bonchev–Trinajstić information content (AvgIpc) is 2.79. The van der Waals surface area contributed by atoms with E-state index >= 15 is 0 Å². The van der Waals surface area contributed by atoms with Gasteiger partial charge in [0.1, 0.15) is 12.2 Å². The molecule has 3 unspecified atom stereocenters. The SMILES string of the molecule is COc1cc(CC(CO)OC(CO)C(OC)c2cc(OC)c(O)c(OC)c2)ccc1O. The number of aliphatic hydroxyl groups excluding tert-OH is 2. The van der Waals surface area contributed by atoms with Crippen LogP contribution in [0.3, 0.4) is 0 Å². The van der Waals surface area contributed by atoms with Crippen molar-refractivity contribution in [2.24, 2.45) is 0 Å². The van der Waals surface area contributed by atoms with Gasteiger partial charge in [-0.3, -0.25) is 0 Å². The molecular formula is C22H30O9. The fourth-order valence-corrected chi connectivity index (χ4v) is 3.31. The number of aromatic hydroxyl groups is 2. The Hall–Kier alpha value is -2.72. The fraction of sp³-hybridized carbons (Fsp3) is 0.455. The summed E-state index contributed by atoms with van der Waals surface area (Å²) in [5.41, 5.74) is 1.32. The zero-order valence-electron chi connectivity index (χ0n) is 18.1. The van der Waals surface area contributed by atoms with E-state index in [2.05, 4.69) is 0 Å². The fourth-order valence-electron chi connectivity index (χ4n) is 3.31. The highest BCUT2D eigenvalue weighted by atomic mass is 16.6. The van der Waals surface area contributed by atoms with E-state index in [0.29, 0.717) is 17.7 Å². The largest absolute Gasteiger partial charge is 0.504 e. The van der Waals surface area contributed by atoms with Gasteiger partial charge in [0, 0.05) is 13.5 Å². The smallest absolute Gasteiger partial charge is 0.200 e. The summed E-state index contributed by atoms with van der Waals surface area (Å²) in [6.07, 6.45) is -1.93. The van der Waals surface area contributed by atoms with E-state index in [1.165, 1.54) is 34.5 Å². The van der Waals surface area contributed by atoms with Crippen molar-refractivity contribution in [2.75, 3.05) is 41.7 Å². The zero-order chi connectivity index (χ0) is 23.0. The Morgan fingerprint density at radius 1 is 0.806 bits per heavy atom. The quantitative estimate of drug-likeness (QED) is 0.392. The average molecular weight is 438 g/mol. The van der Waals surface area contributed by atoms with Crippen molar-refractivity contribution in [3.05, 3.63) is 41.5 Å². The molecule has 0 heterocycles. The van der Waals surface area contributed by atoms with Gasteiger partial charge < -0.3 is 44.1 Å². The van der Waals surface area contributed by atoms with Crippen molar-refractivity contribution in [1.29, 1.82) is 0 Å². The van der Waals surface area contributed by atoms with Crippen LogP contribution in [-0.4, -0.2) is 74.3 Å². The third-order valence-electron chi connectivity index (χ3n) is 4.88. The normalized spacial score (nSPS) is 14.0. The van der Waals surface area contributed by atoms with Crippen LogP contribution < -0.4 is 14.2 Å². The molecule has 9 heteroatoms. The van der Waals surface area contributed by atoms with Gasteiger partial charge in [-0.25, -0.2) is 0 Å². The molecule has 2 aromatic carbocycles. The number of aliphatic hydroxyl groups is 2. The topological polar surface area (TPSA) is 127 Å². The number of methoxy groups -OCH3 is 4. The molecule has 9 nitrogen and oxygen atoms in total. The van der Waals surface area contributed by atoms with Crippen LogP contribution >= 0.6 is 0 Å². The first-order valence-electron chi connectivity index (χ1n) is 9.63. The molecule has 2 rings (SSSR count). The van der Waals surface area contributed by atoms with E-state index in [9.17, 15) is 20.4 Å². The van der Waals surface area contributed by atoms with Crippen LogP contribution in [0.2, 0.25) is 0 Å². The summed E-state index contributed by atoms with van der Waals surface area (Å²) in [5, 5.41) is 39.7. The minimum absolute atomic E-state index is 0.00984. The maximum atomic E-state index is 10.1. The Balaban J connectivity index is 2.26. The lowest BCUT2D eigenvalue weighted by atomic mass is 10.0. The first-order chi connectivity index (χ1) is 14.9.